The first kappa shape index (κ1) is 19.1. The number of amides is 1. The summed E-state index contributed by atoms with van der Waals surface area (Å²) >= 11 is 0. The highest BCUT2D eigenvalue weighted by molar-refractivity contribution is 5.94. The molecular weight excluding hydrogens is 324 g/mol. The summed E-state index contributed by atoms with van der Waals surface area (Å²) in [5, 5.41) is 0. The van der Waals surface area contributed by atoms with Gasteiger partial charge in [-0.2, -0.15) is 0 Å². The van der Waals surface area contributed by atoms with E-state index in [1.54, 1.807) is 6.92 Å². The van der Waals surface area contributed by atoms with Gasteiger partial charge < -0.3 is 4.90 Å². The van der Waals surface area contributed by atoms with E-state index in [1.165, 1.54) is 0 Å². The van der Waals surface area contributed by atoms with Gasteiger partial charge in [-0.15, -0.1) is 0 Å². The van der Waals surface area contributed by atoms with Gasteiger partial charge in [0.2, 0.25) is 5.91 Å². The second kappa shape index (κ2) is 7.15. The van der Waals surface area contributed by atoms with Crippen molar-refractivity contribution in [3.63, 3.8) is 0 Å². The zero-order valence-corrected chi connectivity index (χ0v) is 16.7. The summed E-state index contributed by atoms with van der Waals surface area (Å²) < 4.78 is 0. The summed E-state index contributed by atoms with van der Waals surface area (Å²) in [6.45, 7) is 12.6. The number of ketones is 1. The van der Waals surface area contributed by atoms with E-state index in [1.807, 2.05) is 18.2 Å². The predicted octanol–water partition coefficient (Wildman–Crippen LogP) is 3.75. The number of Topliss-reactive ketones (excluding diaryl/α,β-unsaturated/α-hetero) is 1. The Bertz CT molecular complexity index is 692. The molecule has 2 aliphatic rings. The third kappa shape index (κ3) is 4.17. The second-order valence-electron chi connectivity index (χ2n) is 9.39. The lowest BCUT2D eigenvalue weighted by Crippen LogP contribution is -2.52. The van der Waals surface area contributed by atoms with Crippen LogP contribution in [-0.4, -0.2) is 47.7 Å². The van der Waals surface area contributed by atoms with Crippen molar-refractivity contribution in [3.05, 3.63) is 35.4 Å². The van der Waals surface area contributed by atoms with Crippen LogP contribution >= 0.6 is 0 Å². The second-order valence-corrected chi connectivity index (χ2v) is 9.39. The van der Waals surface area contributed by atoms with E-state index in [9.17, 15) is 9.59 Å². The topological polar surface area (TPSA) is 40.6 Å². The average Bonchev–Trinajstić information content (AvgIpc) is 2.95. The molecular formula is C22H32N2O2. The molecule has 3 rings (SSSR count). The minimum absolute atomic E-state index is 0.102. The highest BCUT2D eigenvalue weighted by Crippen LogP contribution is 2.41. The summed E-state index contributed by atoms with van der Waals surface area (Å²) in [6, 6.07) is 7.88. The number of piperidine rings is 1. The molecule has 2 fully saturated rings. The highest BCUT2D eigenvalue weighted by atomic mass is 16.2. The Kier molecular flexibility index (Phi) is 5.25. The van der Waals surface area contributed by atoms with Crippen molar-refractivity contribution < 1.29 is 9.59 Å². The van der Waals surface area contributed by atoms with Crippen molar-refractivity contribution >= 4 is 11.7 Å². The molecule has 1 atom stereocenters. The van der Waals surface area contributed by atoms with E-state index in [4.69, 9.17) is 0 Å². The maximum atomic E-state index is 13.2. The largest absolute Gasteiger partial charge is 0.342 e. The summed E-state index contributed by atoms with van der Waals surface area (Å²) in [4.78, 5) is 29.3. The Morgan fingerprint density at radius 3 is 2.65 bits per heavy atom. The molecule has 1 spiro atoms. The van der Waals surface area contributed by atoms with Gasteiger partial charge in [-0.1, -0.05) is 39.0 Å². The van der Waals surface area contributed by atoms with Crippen LogP contribution in [0.4, 0.5) is 0 Å². The standard InChI is InChI=1S/C22H32N2O2/c1-17(25)19-8-5-7-18(13-19)14-23-12-10-22(16-23)9-6-11-24(20(22)26)15-21(2,3)4/h5,7-8,13H,6,9-12,14-16H2,1-4H3/t22-/m1/s1. The Balaban J connectivity index is 1.68. The molecule has 2 saturated heterocycles. The lowest BCUT2D eigenvalue weighted by Gasteiger charge is -2.42. The van der Waals surface area contributed by atoms with E-state index in [0.717, 1.165) is 63.1 Å². The van der Waals surface area contributed by atoms with Gasteiger partial charge in [0.1, 0.15) is 0 Å². The van der Waals surface area contributed by atoms with E-state index < -0.39 is 0 Å². The van der Waals surface area contributed by atoms with Crippen molar-refractivity contribution in [3.8, 4) is 0 Å². The molecule has 2 heterocycles. The smallest absolute Gasteiger partial charge is 0.230 e. The van der Waals surface area contributed by atoms with Gasteiger partial charge in [-0.25, -0.2) is 0 Å². The van der Waals surface area contributed by atoms with Gasteiger partial charge in [0.15, 0.2) is 5.78 Å². The van der Waals surface area contributed by atoms with Crippen LogP contribution in [-0.2, 0) is 11.3 Å². The van der Waals surface area contributed by atoms with Gasteiger partial charge in [-0.05, 0) is 49.8 Å². The fourth-order valence-corrected chi connectivity index (χ4v) is 4.49. The van der Waals surface area contributed by atoms with Crippen LogP contribution in [0.5, 0.6) is 0 Å². The number of benzene rings is 1. The number of rotatable bonds is 4. The molecule has 0 aliphatic carbocycles. The number of likely N-dealkylation sites (tertiary alicyclic amines) is 2. The van der Waals surface area contributed by atoms with Gasteiger partial charge in [0.25, 0.3) is 0 Å². The maximum Gasteiger partial charge on any atom is 0.230 e. The number of hydrogen-bond acceptors (Lipinski definition) is 3. The van der Waals surface area contributed by atoms with E-state index >= 15 is 0 Å². The molecule has 0 aromatic heterocycles. The summed E-state index contributed by atoms with van der Waals surface area (Å²) in [7, 11) is 0. The van der Waals surface area contributed by atoms with Crippen molar-refractivity contribution in [2.45, 2.75) is 53.5 Å². The maximum absolute atomic E-state index is 13.2. The first-order valence-corrected chi connectivity index (χ1v) is 9.80. The van der Waals surface area contributed by atoms with Gasteiger partial charge >= 0.3 is 0 Å². The number of carbonyl (C=O) groups excluding carboxylic acids is 2. The Morgan fingerprint density at radius 2 is 1.96 bits per heavy atom. The molecule has 0 N–H and O–H groups in total. The molecule has 142 valence electrons. The highest BCUT2D eigenvalue weighted by Gasteiger charge is 2.48. The average molecular weight is 357 g/mol. The van der Waals surface area contributed by atoms with Crippen LogP contribution in [0.2, 0.25) is 0 Å². The third-order valence-electron chi connectivity index (χ3n) is 5.66. The lowest BCUT2D eigenvalue weighted by atomic mass is 9.77. The molecule has 1 aromatic carbocycles. The number of carbonyl (C=O) groups is 2. The first-order valence-electron chi connectivity index (χ1n) is 9.80. The molecule has 1 amide bonds. The third-order valence-corrected chi connectivity index (χ3v) is 5.66. The molecule has 0 radical (unpaired) electrons. The molecule has 4 heteroatoms. The monoisotopic (exact) mass is 356 g/mol. The van der Waals surface area contributed by atoms with Crippen LogP contribution in [0, 0.1) is 10.8 Å². The van der Waals surface area contributed by atoms with Crippen molar-refractivity contribution in [2.24, 2.45) is 10.8 Å². The zero-order valence-electron chi connectivity index (χ0n) is 16.7. The van der Waals surface area contributed by atoms with Crippen LogP contribution in [0.1, 0.15) is 62.9 Å². The Hall–Kier alpha value is -1.68. The summed E-state index contributed by atoms with van der Waals surface area (Å²) in [5.41, 5.74) is 1.87. The van der Waals surface area contributed by atoms with Gasteiger partial charge in [-0.3, -0.25) is 14.5 Å². The molecule has 2 aliphatic heterocycles. The van der Waals surface area contributed by atoms with Gasteiger partial charge in [0, 0.05) is 31.7 Å². The fourth-order valence-electron chi connectivity index (χ4n) is 4.49. The first-order chi connectivity index (χ1) is 12.2. The van der Waals surface area contributed by atoms with E-state index in [0.29, 0.717) is 5.91 Å². The lowest BCUT2D eigenvalue weighted by molar-refractivity contribution is -0.147. The van der Waals surface area contributed by atoms with Crippen molar-refractivity contribution in [1.82, 2.24) is 9.80 Å². The van der Waals surface area contributed by atoms with Crippen LogP contribution in [0.25, 0.3) is 0 Å². The predicted molar refractivity (Wildman–Crippen MR) is 104 cm³/mol. The Morgan fingerprint density at radius 1 is 1.19 bits per heavy atom. The molecule has 0 unspecified atom stereocenters. The molecule has 4 nitrogen and oxygen atoms in total. The van der Waals surface area contributed by atoms with Crippen molar-refractivity contribution in [2.75, 3.05) is 26.2 Å². The molecule has 0 bridgehead atoms. The summed E-state index contributed by atoms with van der Waals surface area (Å²) in [6.07, 6.45) is 3.07. The fraction of sp³-hybridized carbons (Fsp3) is 0.636. The zero-order chi connectivity index (χ0) is 18.9. The van der Waals surface area contributed by atoms with E-state index in [-0.39, 0.29) is 16.6 Å². The van der Waals surface area contributed by atoms with Crippen LogP contribution in [0.15, 0.2) is 24.3 Å². The van der Waals surface area contributed by atoms with Gasteiger partial charge in [0.05, 0.1) is 5.41 Å². The quantitative estimate of drug-likeness (QED) is 0.772. The van der Waals surface area contributed by atoms with Crippen LogP contribution < -0.4 is 0 Å². The van der Waals surface area contributed by atoms with E-state index in [2.05, 4.69) is 36.6 Å². The molecule has 0 saturated carbocycles. The Labute approximate surface area is 157 Å². The van der Waals surface area contributed by atoms with Crippen molar-refractivity contribution in [1.29, 1.82) is 0 Å². The SMILES string of the molecule is CC(=O)c1cccc(CN2CC[C@]3(CCCN(CC(C)(C)C)C3=O)C2)c1. The minimum atomic E-state index is -0.193. The molecule has 26 heavy (non-hydrogen) atoms. The van der Waals surface area contributed by atoms with Crippen LogP contribution in [0.3, 0.4) is 0 Å². The number of hydrogen-bond donors (Lipinski definition) is 0. The molecule has 1 aromatic rings. The normalized spacial score (nSPS) is 24.5. The minimum Gasteiger partial charge on any atom is -0.342 e. The number of nitrogens with zero attached hydrogens (tertiary/aromatic N) is 2. The summed E-state index contributed by atoms with van der Waals surface area (Å²) in [5.74, 6) is 0.462.